The monoisotopic (exact) mass is 342 g/mol. The molecule has 0 aliphatic carbocycles. The SMILES string of the molecule is COc1ccc(C)cc1CC(=O)N(C)[C@H](C)c1cccc([N+](=O)[O-])c1. The molecule has 2 aromatic carbocycles. The minimum atomic E-state index is -0.435. The van der Waals surface area contributed by atoms with E-state index in [1.165, 1.54) is 12.1 Å². The molecule has 1 atom stereocenters. The first-order valence-electron chi connectivity index (χ1n) is 7.97. The number of nitro groups is 1. The van der Waals surface area contributed by atoms with Gasteiger partial charge in [0.05, 0.1) is 24.5 Å². The fourth-order valence-corrected chi connectivity index (χ4v) is 2.67. The van der Waals surface area contributed by atoms with Crippen LogP contribution in [0.15, 0.2) is 42.5 Å². The van der Waals surface area contributed by atoms with Crippen molar-refractivity contribution in [1.29, 1.82) is 0 Å². The molecule has 25 heavy (non-hydrogen) atoms. The van der Waals surface area contributed by atoms with Gasteiger partial charge in [0.15, 0.2) is 0 Å². The number of nitro benzene ring substituents is 1. The zero-order valence-corrected chi connectivity index (χ0v) is 14.9. The van der Waals surface area contributed by atoms with E-state index < -0.39 is 4.92 Å². The summed E-state index contributed by atoms with van der Waals surface area (Å²) in [4.78, 5) is 24.8. The minimum absolute atomic E-state index is 0.0190. The first kappa shape index (κ1) is 18.4. The molecule has 0 saturated heterocycles. The highest BCUT2D eigenvalue weighted by Gasteiger charge is 2.20. The number of hydrogen-bond acceptors (Lipinski definition) is 4. The van der Waals surface area contributed by atoms with Gasteiger partial charge in [-0.1, -0.05) is 29.8 Å². The van der Waals surface area contributed by atoms with E-state index in [4.69, 9.17) is 4.74 Å². The zero-order chi connectivity index (χ0) is 18.6. The summed E-state index contributed by atoms with van der Waals surface area (Å²) in [5.74, 6) is 0.596. The van der Waals surface area contributed by atoms with Crippen LogP contribution < -0.4 is 4.74 Å². The molecule has 0 aliphatic heterocycles. The van der Waals surface area contributed by atoms with E-state index in [-0.39, 0.29) is 24.1 Å². The summed E-state index contributed by atoms with van der Waals surface area (Å²) in [5, 5.41) is 10.9. The number of non-ortho nitro benzene ring substituents is 1. The van der Waals surface area contributed by atoms with Gasteiger partial charge in [0.1, 0.15) is 5.75 Å². The second-order valence-corrected chi connectivity index (χ2v) is 6.02. The number of nitrogens with zero attached hydrogens (tertiary/aromatic N) is 2. The minimum Gasteiger partial charge on any atom is -0.496 e. The van der Waals surface area contributed by atoms with Crippen LogP contribution in [0, 0.1) is 17.0 Å². The lowest BCUT2D eigenvalue weighted by Crippen LogP contribution is -2.31. The van der Waals surface area contributed by atoms with Gasteiger partial charge in [-0.3, -0.25) is 14.9 Å². The number of carbonyl (C=O) groups is 1. The molecule has 0 saturated carbocycles. The van der Waals surface area contributed by atoms with Crippen molar-refractivity contribution in [2.24, 2.45) is 0 Å². The lowest BCUT2D eigenvalue weighted by Gasteiger charge is -2.25. The van der Waals surface area contributed by atoms with E-state index in [1.807, 2.05) is 32.0 Å². The number of ether oxygens (including phenoxy) is 1. The van der Waals surface area contributed by atoms with Crippen molar-refractivity contribution in [2.75, 3.05) is 14.2 Å². The van der Waals surface area contributed by atoms with E-state index in [2.05, 4.69) is 0 Å². The van der Waals surface area contributed by atoms with Crippen LogP contribution >= 0.6 is 0 Å². The molecular formula is C19H22N2O4. The number of hydrogen-bond donors (Lipinski definition) is 0. The standard InChI is InChI=1S/C19H22N2O4/c1-13-8-9-18(25-4)16(10-13)12-19(22)20(3)14(2)15-6-5-7-17(11-15)21(23)24/h5-11,14H,12H2,1-4H3/t14-/m1/s1. The fourth-order valence-electron chi connectivity index (χ4n) is 2.67. The van der Waals surface area contributed by atoms with Gasteiger partial charge in [0.25, 0.3) is 5.69 Å². The molecule has 0 spiro atoms. The molecule has 0 bridgehead atoms. The predicted octanol–water partition coefficient (Wildman–Crippen LogP) is 3.67. The fraction of sp³-hybridized carbons (Fsp3) is 0.316. The Morgan fingerprint density at radius 1 is 1.28 bits per heavy atom. The average molecular weight is 342 g/mol. The molecule has 6 nitrogen and oxygen atoms in total. The van der Waals surface area contributed by atoms with Crippen molar-refractivity contribution in [3.63, 3.8) is 0 Å². The molecule has 0 heterocycles. The number of benzene rings is 2. The largest absolute Gasteiger partial charge is 0.496 e. The van der Waals surface area contributed by atoms with E-state index >= 15 is 0 Å². The molecule has 0 aliphatic rings. The highest BCUT2D eigenvalue weighted by Crippen LogP contribution is 2.25. The lowest BCUT2D eigenvalue weighted by atomic mass is 10.0. The van der Waals surface area contributed by atoms with Crippen LogP contribution in [0.4, 0.5) is 5.69 Å². The maximum Gasteiger partial charge on any atom is 0.269 e. The molecular weight excluding hydrogens is 320 g/mol. The third kappa shape index (κ3) is 4.35. The Labute approximate surface area is 147 Å². The predicted molar refractivity (Wildman–Crippen MR) is 95.7 cm³/mol. The van der Waals surface area contributed by atoms with E-state index in [9.17, 15) is 14.9 Å². The molecule has 0 N–H and O–H groups in total. The third-order valence-corrected chi connectivity index (χ3v) is 4.32. The summed E-state index contributed by atoms with van der Waals surface area (Å²) in [6, 6.07) is 11.8. The molecule has 132 valence electrons. The second-order valence-electron chi connectivity index (χ2n) is 6.02. The summed E-state index contributed by atoms with van der Waals surface area (Å²) in [6.07, 6.45) is 0.209. The van der Waals surface area contributed by atoms with Crippen molar-refractivity contribution in [3.05, 3.63) is 69.3 Å². The van der Waals surface area contributed by atoms with Crippen LogP contribution in [0.1, 0.15) is 29.7 Å². The number of methoxy groups -OCH3 is 1. The Bertz CT molecular complexity index is 789. The van der Waals surface area contributed by atoms with Crippen LogP contribution in [-0.4, -0.2) is 29.9 Å². The molecule has 2 rings (SSSR count). The number of likely N-dealkylation sites (N-methyl/N-ethyl adjacent to an activating group) is 1. The maximum atomic E-state index is 12.7. The third-order valence-electron chi connectivity index (χ3n) is 4.32. The Morgan fingerprint density at radius 2 is 2.00 bits per heavy atom. The van der Waals surface area contributed by atoms with E-state index in [0.29, 0.717) is 5.75 Å². The van der Waals surface area contributed by atoms with Crippen LogP contribution in [0.5, 0.6) is 5.75 Å². The van der Waals surface area contributed by atoms with Gasteiger partial charge in [0, 0.05) is 24.7 Å². The molecule has 6 heteroatoms. The zero-order valence-electron chi connectivity index (χ0n) is 14.9. The Kier molecular flexibility index (Phi) is 5.75. The quantitative estimate of drug-likeness (QED) is 0.593. The average Bonchev–Trinajstić information content (AvgIpc) is 2.60. The van der Waals surface area contributed by atoms with Crippen LogP contribution in [0.3, 0.4) is 0 Å². The second kappa shape index (κ2) is 7.79. The van der Waals surface area contributed by atoms with Gasteiger partial charge in [-0.15, -0.1) is 0 Å². The van der Waals surface area contributed by atoms with Gasteiger partial charge in [-0.2, -0.15) is 0 Å². The van der Waals surface area contributed by atoms with Crippen molar-refractivity contribution >= 4 is 11.6 Å². The number of rotatable bonds is 6. The molecule has 2 aromatic rings. The summed E-state index contributed by atoms with van der Waals surface area (Å²) in [7, 11) is 3.28. The number of aryl methyl sites for hydroxylation is 1. The Balaban J connectivity index is 2.18. The molecule has 0 unspecified atom stereocenters. The summed E-state index contributed by atoms with van der Waals surface area (Å²) in [6.45, 7) is 3.81. The number of amides is 1. The smallest absolute Gasteiger partial charge is 0.269 e. The van der Waals surface area contributed by atoms with Crippen molar-refractivity contribution in [1.82, 2.24) is 4.90 Å². The Hall–Kier alpha value is -2.89. The van der Waals surface area contributed by atoms with Gasteiger partial charge in [0.2, 0.25) is 5.91 Å². The molecule has 1 amide bonds. The van der Waals surface area contributed by atoms with Crippen LogP contribution in [0.2, 0.25) is 0 Å². The summed E-state index contributed by atoms with van der Waals surface area (Å²) in [5.41, 5.74) is 2.62. The van der Waals surface area contributed by atoms with E-state index in [1.54, 1.807) is 31.2 Å². The molecule has 0 radical (unpaired) electrons. The molecule has 0 aromatic heterocycles. The highest BCUT2D eigenvalue weighted by atomic mass is 16.6. The Morgan fingerprint density at radius 3 is 2.64 bits per heavy atom. The highest BCUT2D eigenvalue weighted by molar-refractivity contribution is 5.79. The first-order chi connectivity index (χ1) is 11.8. The van der Waals surface area contributed by atoms with E-state index in [0.717, 1.165) is 16.7 Å². The van der Waals surface area contributed by atoms with Crippen LogP contribution in [-0.2, 0) is 11.2 Å². The lowest BCUT2D eigenvalue weighted by molar-refractivity contribution is -0.384. The van der Waals surface area contributed by atoms with Crippen molar-refractivity contribution in [2.45, 2.75) is 26.3 Å². The van der Waals surface area contributed by atoms with Crippen LogP contribution in [0.25, 0.3) is 0 Å². The van der Waals surface area contributed by atoms with Gasteiger partial charge >= 0.3 is 0 Å². The van der Waals surface area contributed by atoms with Gasteiger partial charge < -0.3 is 9.64 Å². The summed E-state index contributed by atoms with van der Waals surface area (Å²) < 4.78 is 5.32. The maximum absolute atomic E-state index is 12.7. The van der Waals surface area contributed by atoms with Crippen molar-refractivity contribution in [3.8, 4) is 5.75 Å². The first-order valence-corrected chi connectivity index (χ1v) is 7.97. The van der Waals surface area contributed by atoms with Crippen molar-refractivity contribution < 1.29 is 14.5 Å². The molecule has 0 fully saturated rings. The van der Waals surface area contributed by atoms with Gasteiger partial charge in [-0.25, -0.2) is 0 Å². The van der Waals surface area contributed by atoms with Gasteiger partial charge in [-0.05, 0) is 25.5 Å². The topological polar surface area (TPSA) is 72.7 Å². The number of carbonyl (C=O) groups excluding carboxylic acids is 1. The summed E-state index contributed by atoms with van der Waals surface area (Å²) >= 11 is 0. The normalized spacial score (nSPS) is 11.7.